The van der Waals surface area contributed by atoms with Crippen molar-refractivity contribution in [3.05, 3.63) is 97.1 Å². The highest BCUT2D eigenvalue weighted by molar-refractivity contribution is 6.30. The smallest absolute Gasteiger partial charge is 0.161 e. The lowest BCUT2D eigenvalue weighted by molar-refractivity contribution is 0.672. The molecule has 11 rings (SSSR count). The molecular formula is C34H16N2O2. The van der Waals surface area contributed by atoms with Crippen LogP contribution in [0, 0.1) is 0 Å². The van der Waals surface area contributed by atoms with Crippen LogP contribution in [0.5, 0.6) is 0 Å². The molecular weight excluding hydrogens is 468 g/mol. The summed E-state index contributed by atoms with van der Waals surface area (Å²) in [6.45, 7) is 0. The highest BCUT2D eigenvalue weighted by atomic mass is 16.3. The topological polar surface area (TPSA) is 35.1 Å². The maximum Gasteiger partial charge on any atom is 0.161 e. The van der Waals surface area contributed by atoms with E-state index >= 15 is 0 Å². The molecule has 0 radical (unpaired) electrons. The van der Waals surface area contributed by atoms with Gasteiger partial charge in [0.15, 0.2) is 11.2 Å². The van der Waals surface area contributed by atoms with E-state index in [2.05, 4.69) is 93.7 Å². The number of hydrogen-bond donors (Lipinski definition) is 0. The predicted molar refractivity (Wildman–Crippen MR) is 155 cm³/mol. The zero-order chi connectivity index (χ0) is 24.3. The van der Waals surface area contributed by atoms with Crippen LogP contribution in [0.15, 0.2) is 106 Å². The van der Waals surface area contributed by atoms with E-state index in [9.17, 15) is 0 Å². The van der Waals surface area contributed by atoms with E-state index in [-0.39, 0.29) is 0 Å². The Morgan fingerprint density at radius 1 is 0.368 bits per heavy atom. The molecule has 0 aliphatic rings. The first-order valence-corrected chi connectivity index (χ1v) is 13.0. The van der Waals surface area contributed by atoms with Crippen molar-refractivity contribution >= 4 is 98.5 Å². The van der Waals surface area contributed by atoms with Crippen LogP contribution in [-0.4, -0.2) is 8.80 Å². The minimum Gasteiger partial charge on any atom is -0.454 e. The molecule has 174 valence electrons. The third kappa shape index (κ3) is 1.75. The molecule has 0 saturated carbocycles. The summed E-state index contributed by atoms with van der Waals surface area (Å²) < 4.78 is 17.7. The molecule has 0 atom stereocenters. The Hall–Kier alpha value is -5.22. The lowest BCUT2D eigenvalue weighted by Gasteiger charge is -1.99. The Balaban J connectivity index is 1.45. The van der Waals surface area contributed by atoms with Crippen molar-refractivity contribution in [2.45, 2.75) is 0 Å². The van der Waals surface area contributed by atoms with Gasteiger partial charge in [0.05, 0.1) is 22.1 Å². The molecule has 0 amide bonds. The average Bonchev–Trinajstić information content (AvgIpc) is 3.76. The fourth-order valence-electron chi connectivity index (χ4n) is 7.33. The monoisotopic (exact) mass is 484 g/mol. The Morgan fingerprint density at radius 2 is 0.789 bits per heavy atom. The summed E-state index contributed by atoms with van der Waals surface area (Å²) in [7, 11) is 0. The van der Waals surface area contributed by atoms with E-state index < -0.39 is 0 Å². The van der Waals surface area contributed by atoms with Gasteiger partial charge >= 0.3 is 0 Å². The zero-order valence-corrected chi connectivity index (χ0v) is 19.9. The number of fused-ring (bicyclic) bond motifs is 16. The summed E-state index contributed by atoms with van der Waals surface area (Å²) in [6, 6.07) is 34.7. The van der Waals surface area contributed by atoms with E-state index in [4.69, 9.17) is 8.83 Å². The molecule has 0 aliphatic heterocycles. The molecule has 5 aromatic carbocycles. The van der Waals surface area contributed by atoms with Crippen molar-refractivity contribution < 1.29 is 8.83 Å². The summed E-state index contributed by atoms with van der Waals surface area (Å²) in [5.41, 5.74) is 11.0. The van der Waals surface area contributed by atoms with Crippen LogP contribution in [0.3, 0.4) is 0 Å². The van der Waals surface area contributed by atoms with Crippen LogP contribution < -0.4 is 0 Å². The second kappa shape index (κ2) is 5.68. The maximum absolute atomic E-state index is 6.41. The van der Waals surface area contributed by atoms with E-state index in [1.54, 1.807) is 0 Å². The SMILES string of the molecule is c1ccc2c(c1)oc1c3cccc4c5cc6c(cc5n(c43)c21)c1cccc2c3oc4ccccc4c3n6c12. The first-order valence-electron chi connectivity index (χ1n) is 13.0. The molecule has 6 heterocycles. The van der Waals surface area contributed by atoms with Crippen LogP contribution in [-0.2, 0) is 0 Å². The van der Waals surface area contributed by atoms with Gasteiger partial charge in [-0.15, -0.1) is 0 Å². The molecule has 0 bridgehead atoms. The van der Waals surface area contributed by atoms with Crippen molar-refractivity contribution in [3.63, 3.8) is 0 Å². The standard InChI is InChI=1S/C34H16N2O2/c1-3-13-27-19(7-1)31-33(37-27)21-11-5-9-17-23-16-26-24(15-25(23)35(31)29(17)21)18-10-6-12-22-30(18)36(26)32-20-8-2-4-14-28(20)38-34(22)32/h1-16H. The van der Waals surface area contributed by atoms with Crippen LogP contribution in [0.1, 0.15) is 0 Å². The Labute approximate surface area is 213 Å². The first kappa shape index (κ1) is 18.1. The summed E-state index contributed by atoms with van der Waals surface area (Å²) in [5.74, 6) is 0. The number of nitrogens with zero attached hydrogens (tertiary/aromatic N) is 2. The summed E-state index contributed by atoms with van der Waals surface area (Å²) in [4.78, 5) is 0. The van der Waals surface area contributed by atoms with E-state index in [0.717, 1.165) is 54.9 Å². The van der Waals surface area contributed by atoms with E-state index in [0.29, 0.717) is 0 Å². The van der Waals surface area contributed by atoms with Crippen molar-refractivity contribution in [1.82, 2.24) is 8.80 Å². The minimum absolute atomic E-state index is 0.929. The molecule has 0 saturated heterocycles. The van der Waals surface area contributed by atoms with Gasteiger partial charge in [0.1, 0.15) is 22.2 Å². The molecule has 0 N–H and O–H groups in total. The molecule has 0 fully saturated rings. The minimum atomic E-state index is 0.929. The van der Waals surface area contributed by atoms with Gasteiger partial charge in [-0.05, 0) is 48.5 Å². The first-order chi connectivity index (χ1) is 18.9. The largest absolute Gasteiger partial charge is 0.454 e. The van der Waals surface area contributed by atoms with Crippen molar-refractivity contribution in [2.24, 2.45) is 0 Å². The van der Waals surface area contributed by atoms with Gasteiger partial charge in [-0.2, -0.15) is 0 Å². The lowest BCUT2D eigenvalue weighted by Crippen LogP contribution is -1.82. The van der Waals surface area contributed by atoms with Gasteiger partial charge in [0.2, 0.25) is 0 Å². The van der Waals surface area contributed by atoms with Gasteiger partial charge in [0, 0.05) is 43.1 Å². The quantitative estimate of drug-likeness (QED) is 0.215. The van der Waals surface area contributed by atoms with E-state index in [1.165, 1.54) is 43.6 Å². The second-order valence-electron chi connectivity index (χ2n) is 10.5. The number of furan rings is 2. The summed E-state index contributed by atoms with van der Waals surface area (Å²) in [5, 5.41) is 9.65. The predicted octanol–water partition coefficient (Wildman–Crippen LogP) is 9.48. The van der Waals surface area contributed by atoms with Crippen LogP contribution >= 0.6 is 0 Å². The number of rotatable bonds is 0. The van der Waals surface area contributed by atoms with Crippen molar-refractivity contribution in [3.8, 4) is 0 Å². The number of hydrogen-bond acceptors (Lipinski definition) is 2. The van der Waals surface area contributed by atoms with Gasteiger partial charge < -0.3 is 17.6 Å². The lowest BCUT2D eigenvalue weighted by atomic mass is 10.1. The summed E-state index contributed by atoms with van der Waals surface area (Å²) >= 11 is 0. The Kier molecular flexibility index (Phi) is 2.71. The van der Waals surface area contributed by atoms with Gasteiger partial charge in [-0.3, -0.25) is 0 Å². The second-order valence-corrected chi connectivity index (χ2v) is 10.5. The van der Waals surface area contributed by atoms with Gasteiger partial charge in [-0.25, -0.2) is 0 Å². The number of benzene rings is 5. The van der Waals surface area contributed by atoms with Gasteiger partial charge in [0.25, 0.3) is 0 Å². The molecule has 0 spiro atoms. The molecule has 0 aliphatic carbocycles. The van der Waals surface area contributed by atoms with Crippen LogP contribution in [0.2, 0.25) is 0 Å². The molecule has 6 aromatic heterocycles. The number of para-hydroxylation sites is 4. The number of aromatic nitrogens is 2. The fraction of sp³-hybridized carbons (Fsp3) is 0. The van der Waals surface area contributed by atoms with Crippen molar-refractivity contribution in [1.29, 1.82) is 0 Å². The molecule has 4 heteroatoms. The summed E-state index contributed by atoms with van der Waals surface area (Å²) in [6.07, 6.45) is 0. The molecule has 4 nitrogen and oxygen atoms in total. The molecule has 0 unspecified atom stereocenters. The average molecular weight is 485 g/mol. The van der Waals surface area contributed by atoms with Crippen molar-refractivity contribution in [2.75, 3.05) is 0 Å². The third-order valence-electron chi connectivity index (χ3n) is 8.77. The zero-order valence-electron chi connectivity index (χ0n) is 19.9. The van der Waals surface area contributed by atoms with Crippen LogP contribution in [0.25, 0.3) is 98.5 Å². The highest BCUT2D eigenvalue weighted by Crippen LogP contribution is 2.47. The molecule has 11 aromatic rings. The highest BCUT2D eigenvalue weighted by Gasteiger charge is 2.25. The third-order valence-corrected chi connectivity index (χ3v) is 8.77. The Bertz CT molecular complexity index is 2590. The van der Waals surface area contributed by atoms with Gasteiger partial charge in [-0.1, -0.05) is 48.5 Å². The van der Waals surface area contributed by atoms with Crippen LogP contribution in [0.4, 0.5) is 0 Å². The fourth-order valence-corrected chi connectivity index (χ4v) is 7.33. The van der Waals surface area contributed by atoms with E-state index in [1.807, 2.05) is 12.1 Å². The maximum atomic E-state index is 6.41. The molecule has 38 heavy (non-hydrogen) atoms. The Morgan fingerprint density at radius 3 is 1.29 bits per heavy atom. The normalized spacial score (nSPS) is 13.3.